The number of hydrogen-bond acceptors (Lipinski definition) is 1. The molecule has 1 aromatic carbocycles. The first-order valence-corrected chi connectivity index (χ1v) is 7.12. The zero-order valence-electron chi connectivity index (χ0n) is 10.7. The molecule has 0 aliphatic rings. The summed E-state index contributed by atoms with van der Waals surface area (Å²) in [6, 6.07) is 8.03. The third-order valence-electron chi connectivity index (χ3n) is 3.02. The summed E-state index contributed by atoms with van der Waals surface area (Å²) in [5, 5.41) is 3.90. The van der Waals surface area contributed by atoms with Crippen molar-refractivity contribution >= 4 is 27.5 Å². The van der Waals surface area contributed by atoms with E-state index < -0.39 is 0 Å². The molecular formula is C14H20BrNO. The second-order valence-electron chi connectivity index (χ2n) is 4.66. The Bertz CT molecular complexity index is 359. The van der Waals surface area contributed by atoms with Gasteiger partial charge in [-0.2, -0.15) is 0 Å². The first-order valence-electron chi connectivity index (χ1n) is 6.00. The number of alkyl halides is 1. The van der Waals surface area contributed by atoms with Crippen molar-refractivity contribution in [3.8, 4) is 0 Å². The highest BCUT2D eigenvalue weighted by Crippen LogP contribution is 2.15. The van der Waals surface area contributed by atoms with Crippen LogP contribution >= 0.6 is 15.9 Å². The van der Waals surface area contributed by atoms with Gasteiger partial charge in [0, 0.05) is 16.9 Å². The number of carbonyl (C=O) groups excluding carboxylic acids is 1. The Balaban J connectivity index is 2.60. The summed E-state index contributed by atoms with van der Waals surface area (Å²) in [6.07, 6.45) is 1.01. The average Bonchev–Trinajstić information content (AvgIpc) is 2.30. The smallest absolute Gasteiger partial charge is 0.227 e. The van der Waals surface area contributed by atoms with E-state index in [1.54, 1.807) is 0 Å². The summed E-state index contributed by atoms with van der Waals surface area (Å²) < 4.78 is 0. The third-order valence-corrected chi connectivity index (χ3v) is 3.41. The largest absolute Gasteiger partial charge is 0.326 e. The molecule has 0 radical (unpaired) electrons. The van der Waals surface area contributed by atoms with Crippen LogP contribution in [0.1, 0.15) is 26.3 Å². The van der Waals surface area contributed by atoms with Crippen molar-refractivity contribution in [3.05, 3.63) is 29.8 Å². The Labute approximate surface area is 112 Å². The Morgan fingerprint density at radius 3 is 2.29 bits per heavy atom. The molecule has 0 heterocycles. The van der Waals surface area contributed by atoms with Crippen molar-refractivity contribution in [2.75, 3.05) is 10.6 Å². The minimum Gasteiger partial charge on any atom is -0.326 e. The van der Waals surface area contributed by atoms with Gasteiger partial charge in [0.15, 0.2) is 0 Å². The van der Waals surface area contributed by atoms with E-state index in [4.69, 9.17) is 0 Å². The van der Waals surface area contributed by atoms with Crippen LogP contribution in [0.15, 0.2) is 24.3 Å². The van der Waals surface area contributed by atoms with Gasteiger partial charge in [0.05, 0.1) is 0 Å². The van der Waals surface area contributed by atoms with Gasteiger partial charge in [-0.3, -0.25) is 4.79 Å². The Hall–Kier alpha value is -0.830. The van der Waals surface area contributed by atoms with Crippen LogP contribution in [0.4, 0.5) is 5.69 Å². The molecule has 0 bridgehead atoms. The van der Waals surface area contributed by atoms with Gasteiger partial charge in [-0.05, 0) is 30.0 Å². The van der Waals surface area contributed by atoms with Gasteiger partial charge in [-0.25, -0.2) is 0 Å². The summed E-state index contributed by atoms with van der Waals surface area (Å²) in [7, 11) is 0. The molecule has 0 fully saturated rings. The number of nitrogens with one attached hydrogen (secondary N) is 1. The maximum absolute atomic E-state index is 11.8. The molecule has 0 spiro atoms. The summed E-state index contributed by atoms with van der Waals surface area (Å²) in [6.45, 7) is 6.08. The number of rotatable bonds is 5. The molecule has 1 amide bonds. The van der Waals surface area contributed by atoms with E-state index in [2.05, 4.69) is 47.2 Å². The zero-order chi connectivity index (χ0) is 12.8. The molecule has 0 aliphatic heterocycles. The quantitative estimate of drug-likeness (QED) is 0.822. The normalized spacial score (nSPS) is 12.5. The maximum atomic E-state index is 11.8. The van der Waals surface area contributed by atoms with Crippen LogP contribution in [0.25, 0.3) is 0 Å². The van der Waals surface area contributed by atoms with Gasteiger partial charge in [-0.15, -0.1) is 0 Å². The van der Waals surface area contributed by atoms with Crippen LogP contribution in [-0.2, 0) is 11.2 Å². The van der Waals surface area contributed by atoms with Crippen LogP contribution in [0.3, 0.4) is 0 Å². The van der Waals surface area contributed by atoms with E-state index in [0.717, 1.165) is 17.4 Å². The predicted octanol–water partition coefficient (Wildman–Crippen LogP) is 3.85. The van der Waals surface area contributed by atoms with Crippen LogP contribution < -0.4 is 5.32 Å². The molecule has 17 heavy (non-hydrogen) atoms. The van der Waals surface area contributed by atoms with E-state index in [1.807, 2.05) is 19.1 Å². The van der Waals surface area contributed by atoms with Gasteiger partial charge in [0.25, 0.3) is 0 Å². The van der Waals surface area contributed by atoms with Crippen LogP contribution in [0.2, 0.25) is 0 Å². The summed E-state index contributed by atoms with van der Waals surface area (Å²) >= 11 is 3.41. The number of aryl methyl sites for hydroxylation is 1. The SMILES string of the molecule is CC(C)C(C)C(=O)Nc1ccc(CCBr)cc1. The van der Waals surface area contributed by atoms with Crippen LogP contribution in [0.5, 0.6) is 0 Å². The average molecular weight is 298 g/mol. The van der Waals surface area contributed by atoms with Gasteiger partial charge < -0.3 is 5.32 Å². The number of anilines is 1. The molecule has 0 aromatic heterocycles. The first-order chi connectivity index (χ1) is 8.04. The lowest BCUT2D eigenvalue weighted by molar-refractivity contribution is -0.120. The molecule has 0 aliphatic carbocycles. The fraction of sp³-hybridized carbons (Fsp3) is 0.500. The highest BCUT2D eigenvalue weighted by molar-refractivity contribution is 9.09. The van der Waals surface area contributed by atoms with Gasteiger partial charge in [0.2, 0.25) is 5.91 Å². The molecule has 1 unspecified atom stereocenters. The molecule has 1 rings (SSSR count). The van der Waals surface area contributed by atoms with Crippen LogP contribution in [-0.4, -0.2) is 11.2 Å². The monoisotopic (exact) mass is 297 g/mol. The topological polar surface area (TPSA) is 29.1 Å². The van der Waals surface area contributed by atoms with Crippen molar-refractivity contribution in [3.63, 3.8) is 0 Å². The number of hydrogen-bond donors (Lipinski definition) is 1. The van der Waals surface area contributed by atoms with Gasteiger partial charge >= 0.3 is 0 Å². The number of halogens is 1. The highest BCUT2D eigenvalue weighted by Gasteiger charge is 2.16. The van der Waals surface area contributed by atoms with E-state index >= 15 is 0 Å². The predicted molar refractivity (Wildman–Crippen MR) is 76.6 cm³/mol. The molecule has 94 valence electrons. The zero-order valence-corrected chi connectivity index (χ0v) is 12.3. The number of benzene rings is 1. The summed E-state index contributed by atoms with van der Waals surface area (Å²) in [5.74, 6) is 0.494. The van der Waals surface area contributed by atoms with Crippen molar-refractivity contribution in [2.45, 2.75) is 27.2 Å². The Morgan fingerprint density at radius 1 is 1.24 bits per heavy atom. The van der Waals surface area contributed by atoms with E-state index in [-0.39, 0.29) is 11.8 Å². The van der Waals surface area contributed by atoms with Crippen molar-refractivity contribution in [2.24, 2.45) is 11.8 Å². The second kappa shape index (κ2) is 6.80. The molecule has 1 aromatic rings. The molecular weight excluding hydrogens is 278 g/mol. The van der Waals surface area contributed by atoms with Crippen molar-refractivity contribution < 1.29 is 4.79 Å². The Kier molecular flexibility index (Phi) is 5.69. The molecule has 3 heteroatoms. The van der Waals surface area contributed by atoms with Crippen LogP contribution in [0, 0.1) is 11.8 Å². The summed E-state index contributed by atoms with van der Waals surface area (Å²) in [4.78, 5) is 11.8. The molecule has 0 saturated heterocycles. The van der Waals surface area contributed by atoms with Gasteiger partial charge in [-0.1, -0.05) is 48.8 Å². The third kappa shape index (κ3) is 4.50. The summed E-state index contributed by atoms with van der Waals surface area (Å²) in [5.41, 5.74) is 2.15. The van der Waals surface area contributed by atoms with E-state index in [9.17, 15) is 4.79 Å². The fourth-order valence-electron chi connectivity index (χ4n) is 1.42. The maximum Gasteiger partial charge on any atom is 0.227 e. The Morgan fingerprint density at radius 2 is 1.82 bits per heavy atom. The molecule has 1 N–H and O–H groups in total. The molecule has 2 nitrogen and oxygen atoms in total. The molecule has 1 atom stereocenters. The minimum absolute atomic E-state index is 0.0391. The standard InChI is InChI=1S/C14H20BrNO/c1-10(2)11(3)14(17)16-13-6-4-12(5-7-13)8-9-15/h4-7,10-11H,8-9H2,1-3H3,(H,16,17). The van der Waals surface area contributed by atoms with E-state index in [1.165, 1.54) is 5.56 Å². The molecule has 0 saturated carbocycles. The lowest BCUT2D eigenvalue weighted by atomic mass is 9.97. The minimum atomic E-state index is 0.0391. The first kappa shape index (κ1) is 14.2. The van der Waals surface area contributed by atoms with Crippen molar-refractivity contribution in [1.29, 1.82) is 0 Å². The highest BCUT2D eigenvalue weighted by atomic mass is 79.9. The van der Waals surface area contributed by atoms with Gasteiger partial charge in [0.1, 0.15) is 0 Å². The number of carbonyl (C=O) groups is 1. The second-order valence-corrected chi connectivity index (χ2v) is 5.45. The van der Waals surface area contributed by atoms with E-state index in [0.29, 0.717) is 5.92 Å². The number of amides is 1. The van der Waals surface area contributed by atoms with Crippen molar-refractivity contribution in [1.82, 2.24) is 0 Å². The lowest BCUT2D eigenvalue weighted by Crippen LogP contribution is -2.24. The fourth-order valence-corrected chi connectivity index (χ4v) is 1.88. The lowest BCUT2D eigenvalue weighted by Gasteiger charge is -2.15.